The Morgan fingerprint density at radius 2 is 1.67 bits per heavy atom. The summed E-state index contributed by atoms with van der Waals surface area (Å²) in [5.41, 5.74) is -0.554. The van der Waals surface area contributed by atoms with Crippen molar-refractivity contribution in [3.8, 4) is 0 Å². The zero-order chi connectivity index (χ0) is 6.78. The van der Waals surface area contributed by atoms with Crippen LogP contribution in [0.3, 0.4) is 0 Å². The van der Waals surface area contributed by atoms with E-state index in [0.717, 1.165) is 0 Å². The number of Topliss-reactive ketones (excluding diaryl/α,β-unsaturated/α-hetero) is 1. The minimum Gasteiger partial charge on any atom is -0.534 e. The maximum Gasteiger partial charge on any atom is 1.00 e. The van der Waals surface area contributed by atoms with Crippen molar-refractivity contribution in [2.24, 2.45) is 5.41 Å². The van der Waals surface area contributed by atoms with Crippen LogP contribution in [-0.2, 0) is 9.59 Å². The average Bonchev–Trinajstić information content (AvgIpc) is 1.62. The molecule has 0 aromatic rings. The first-order valence-electron chi connectivity index (χ1n) is 2.41. The minimum atomic E-state index is -0.554. The van der Waals surface area contributed by atoms with Crippen LogP contribution in [0.2, 0.25) is 0 Å². The molecule has 0 aliphatic heterocycles. The van der Waals surface area contributed by atoms with Crippen molar-refractivity contribution in [2.75, 3.05) is 0 Å². The van der Waals surface area contributed by atoms with Gasteiger partial charge >= 0.3 is 18.9 Å². The minimum absolute atomic E-state index is 0. The number of hydrogen-bond acceptors (Lipinski definition) is 2. The summed E-state index contributed by atoms with van der Waals surface area (Å²) in [6, 6.07) is 0. The molecule has 0 atom stereocenters. The average molecular weight is 120 g/mol. The number of carbonyl (C=O) groups excluding carboxylic acids is 2. The maximum absolute atomic E-state index is 10.4. The molecule has 0 amide bonds. The third-order valence-corrected chi connectivity index (χ3v) is 0.774. The monoisotopic (exact) mass is 120 g/mol. The molecule has 0 heterocycles. The topological polar surface area (TPSA) is 34.1 Å². The molecule has 46 valence electrons. The van der Waals surface area contributed by atoms with Gasteiger partial charge in [-0.05, 0) is 5.41 Å². The molecule has 0 bridgehead atoms. The first-order valence-corrected chi connectivity index (χ1v) is 2.41. The molecule has 2 nitrogen and oxygen atoms in total. The van der Waals surface area contributed by atoms with E-state index in [1.165, 1.54) is 6.29 Å². The Bertz CT molecular complexity index is 113. The van der Waals surface area contributed by atoms with Gasteiger partial charge in [-0.15, -0.1) is 0 Å². The van der Waals surface area contributed by atoms with E-state index in [1.807, 2.05) is 0 Å². The molecule has 0 radical (unpaired) electrons. The van der Waals surface area contributed by atoms with E-state index in [-0.39, 0.29) is 18.9 Å². The van der Waals surface area contributed by atoms with E-state index in [0.29, 0.717) is 0 Å². The summed E-state index contributed by atoms with van der Waals surface area (Å²) in [6.45, 7) is 5.04. The molecule has 0 saturated carbocycles. The number of carbonyl (C=O) groups is 1. The van der Waals surface area contributed by atoms with Gasteiger partial charge in [-0.1, -0.05) is 20.8 Å². The Morgan fingerprint density at radius 3 is 1.67 bits per heavy atom. The molecule has 0 fully saturated rings. The second kappa shape index (κ2) is 3.87. The van der Waals surface area contributed by atoms with E-state index < -0.39 is 11.2 Å². The fourth-order valence-electron chi connectivity index (χ4n) is 0.153. The van der Waals surface area contributed by atoms with Crippen LogP contribution in [0.1, 0.15) is 20.8 Å². The van der Waals surface area contributed by atoms with Gasteiger partial charge in [0.25, 0.3) is 0 Å². The van der Waals surface area contributed by atoms with Gasteiger partial charge in [-0.25, -0.2) is 0 Å². The van der Waals surface area contributed by atoms with Gasteiger partial charge in [-0.2, -0.15) is 6.29 Å². The van der Waals surface area contributed by atoms with Crippen molar-refractivity contribution < 1.29 is 28.4 Å². The largest absolute Gasteiger partial charge is 1.00 e. The zero-order valence-electron chi connectivity index (χ0n) is 6.32. The maximum atomic E-state index is 10.4. The molecule has 0 saturated heterocycles. The smallest absolute Gasteiger partial charge is 0.534 e. The summed E-state index contributed by atoms with van der Waals surface area (Å²) in [5, 5.41) is 0. The van der Waals surface area contributed by atoms with Crippen molar-refractivity contribution >= 4 is 12.1 Å². The quantitative estimate of drug-likeness (QED) is 0.222. The van der Waals surface area contributed by atoms with E-state index in [2.05, 4.69) is 0 Å². The molecule has 0 spiro atoms. The number of ketones is 1. The van der Waals surface area contributed by atoms with Crippen molar-refractivity contribution in [3.05, 3.63) is 0 Å². The second-order valence-corrected chi connectivity index (χ2v) is 2.68. The van der Waals surface area contributed by atoms with Gasteiger partial charge in [0.15, 0.2) is 0 Å². The Labute approximate surface area is 67.2 Å². The standard InChI is InChI=1S/C6H9O2.Li/c1-6(2,3)5(8)4-7;/h1-3H3;/q-1;+1. The first kappa shape index (κ1) is 11.7. The molecule has 0 aromatic carbocycles. The molecular formula is C6H9LiO2. The van der Waals surface area contributed by atoms with Crippen molar-refractivity contribution in [2.45, 2.75) is 20.8 Å². The molecule has 9 heavy (non-hydrogen) atoms. The predicted molar refractivity (Wildman–Crippen MR) is 30.2 cm³/mol. The van der Waals surface area contributed by atoms with Crippen molar-refractivity contribution in [1.29, 1.82) is 0 Å². The number of hydrogen-bond donors (Lipinski definition) is 0. The van der Waals surface area contributed by atoms with Crippen LogP contribution in [0, 0.1) is 5.41 Å². The SMILES string of the molecule is CC(C)(C)C(=O)[C-]=O.[Li+]. The Morgan fingerprint density at radius 1 is 1.33 bits per heavy atom. The molecule has 0 aliphatic rings. The van der Waals surface area contributed by atoms with Crippen LogP contribution in [0.4, 0.5) is 0 Å². The van der Waals surface area contributed by atoms with Crippen LogP contribution >= 0.6 is 0 Å². The van der Waals surface area contributed by atoms with Crippen LogP contribution in [0.15, 0.2) is 0 Å². The van der Waals surface area contributed by atoms with Gasteiger partial charge in [-0.3, -0.25) is 0 Å². The summed E-state index contributed by atoms with van der Waals surface area (Å²) in [6.07, 6.45) is 1.32. The van der Waals surface area contributed by atoms with Gasteiger partial charge < -0.3 is 9.59 Å². The van der Waals surface area contributed by atoms with Crippen LogP contribution in [0.5, 0.6) is 0 Å². The Balaban J connectivity index is 0. The summed E-state index contributed by atoms with van der Waals surface area (Å²) >= 11 is 0. The molecule has 0 aromatic heterocycles. The third-order valence-electron chi connectivity index (χ3n) is 0.774. The van der Waals surface area contributed by atoms with Crippen LogP contribution in [-0.4, -0.2) is 12.1 Å². The molecule has 0 N–H and O–H groups in total. The molecule has 0 rings (SSSR count). The van der Waals surface area contributed by atoms with Gasteiger partial charge in [0, 0.05) is 5.78 Å². The van der Waals surface area contributed by atoms with Crippen molar-refractivity contribution in [1.82, 2.24) is 0 Å². The van der Waals surface area contributed by atoms with Gasteiger partial charge in [0.1, 0.15) is 0 Å². The predicted octanol–water partition coefficient (Wildman–Crippen LogP) is -2.28. The second-order valence-electron chi connectivity index (χ2n) is 2.68. The van der Waals surface area contributed by atoms with Crippen molar-refractivity contribution in [3.63, 3.8) is 0 Å². The van der Waals surface area contributed by atoms with E-state index >= 15 is 0 Å². The normalized spacial score (nSPS) is 9.67. The molecule has 3 heteroatoms. The van der Waals surface area contributed by atoms with Gasteiger partial charge in [0.2, 0.25) is 0 Å². The summed E-state index contributed by atoms with van der Waals surface area (Å²) in [4.78, 5) is 20.1. The number of rotatable bonds is 1. The zero-order valence-corrected chi connectivity index (χ0v) is 6.32. The molecule has 0 aliphatic carbocycles. The fraction of sp³-hybridized carbons (Fsp3) is 0.667. The Kier molecular flexibility index (Phi) is 5.03. The van der Waals surface area contributed by atoms with E-state index in [1.54, 1.807) is 20.8 Å². The van der Waals surface area contributed by atoms with Gasteiger partial charge in [0.05, 0.1) is 0 Å². The van der Waals surface area contributed by atoms with E-state index in [9.17, 15) is 9.59 Å². The van der Waals surface area contributed by atoms with Crippen LogP contribution < -0.4 is 18.9 Å². The molecular weight excluding hydrogens is 111 g/mol. The molecule has 0 unspecified atom stereocenters. The summed E-state index contributed by atoms with van der Waals surface area (Å²) < 4.78 is 0. The first-order chi connectivity index (χ1) is 3.48. The fourth-order valence-corrected chi connectivity index (χ4v) is 0.153. The van der Waals surface area contributed by atoms with E-state index in [4.69, 9.17) is 0 Å². The summed E-state index contributed by atoms with van der Waals surface area (Å²) in [5.74, 6) is -0.475. The van der Waals surface area contributed by atoms with Crippen LogP contribution in [0.25, 0.3) is 0 Å². The summed E-state index contributed by atoms with van der Waals surface area (Å²) in [7, 11) is 0. The Hall–Kier alpha value is -0.0626. The third kappa shape index (κ3) is 4.44.